The lowest BCUT2D eigenvalue weighted by Gasteiger charge is -2.43. The number of hydrogen-bond donors (Lipinski definition) is 0. The second-order valence-corrected chi connectivity index (χ2v) is 4.74. The Kier molecular flexibility index (Phi) is 4.43. The Bertz CT molecular complexity index is 272. The summed E-state index contributed by atoms with van der Waals surface area (Å²) in [5.41, 5.74) is 0. The molecule has 1 aliphatic heterocycles. The maximum Gasteiger partial charge on any atom is 0.208 e. The zero-order valence-corrected chi connectivity index (χ0v) is 10.6. The van der Waals surface area contributed by atoms with Crippen molar-refractivity contribution in [2.75, 3.05) is 26.4 Å². The first kappa shape index (κ1) is 12.3. The Hall–Kier alpha value is -0.730. The monoisotopic (exact) mass is 226 g/mol. The summed E-state index contributed by atoms with van der Waals surface area (Å²) in [4.78, 5) is 8.41. The standard InChI is InChI=1S/C10H18N4S/c1-8-5-14(6-9(2)13(8)3)10(15-4)12-7-11/h8-9H,5-6H2,1-4H3. The van der Waals surface area contributed by atoms with E-state index >= 15 is 0 Å². The Morgan fingerprint density at radius 2 is 1.93 bits per heavy atom. The molecular formula is C10H18N4S. The van der Waals surface area contributed by atoms with E-state index in [1.165, 1.54) is 0 Å². The summed E-state index contributed by atoms with van der Waals surface area (Å²) in [6.07, 6.45) is 3.83. The van der Waals surface area contributed by atoms with Crippen LogP contribution in [0.5, 0.6) is 0 Å². The van der Waals surface area contributed by atoms with Gasteiger partial charge in [0.1, 0.15) is 0 Å². The van der Waals surface area contributed by atoms with Crippen LogP contribution in [-0.4, -0.2) is 53.4 Å². The Morgan fingerprint density at radius 3 is 2.33 bits per heavy atom. The molecule has 1 heterocycles. The summed E-state index contributed by atoms with van der Waals surface area (Å²) < 4.78 is 0. The smallest absolute Gasteiger partial charge is 0.208 e. The van der Waals surface area contributed by atoms with Crippen LogP contribution in [-0.2, 0) is 0 Å². The number of nitriles is 1. The van der Waals surface area contributed by atoms with Crippen molar-refractivity contribution in [1.82, 2.24) is 9.80 Å². The molecule has 84 valence electrons. The lowest BCUT2D eigenvalue weighted by atomic mass is 10.1. The average Bonchev–Trinajstić information content (AvgIpc) is 2.22. The van der Waals surface area contributed by atoms with Crippen molar-refractivity contribution in [3.63, 3.8) is 0 Å². The van der Waals surface area contributed by atoms with Crippen LogP contribution < -0.4 is 0 Å². The summed E-state index contributed by atoms with van der Waals surface area (Å²) >= 11 is 1.54. The van der Waals surface area contributed by atoms with Crippen LogP contribution in [0.25, 0.3) is 0 Å². The summed E-state index contributed by atoms with van der Waals surface area (Å²) in [5, 5.41) is 9.43. The molecule has 0 aromatic heterocycles. The third kappa shape index (κ3) is 2.86. The van der Waals surface area contributed by atoms with Crippen LogP contribution in [0, 0.1) is 11.5 Å². The molecule has 1 rings (SSSR count). The van der Waals surface area contributed by atoms with Gasteiger partial charge in [0.2, 0.25) is 6.19 Å². The third-order valence-corrected chi connectivity index (χ3v) is 3.67. The van der Waals surface area contributed by atoms with Crippen LogP contribution in [0.3, 0.4) is 0 Å². The Labute approximate surface area is 95.9 Å². The molecule has 4 nitrogen and oxygen atoms in total. The molecule has 2 unspecified atom stereocenters. The first-order valence-electron chi connectivity index (χ1n) is 5.07. The van der Waals surface area contributed by atoms with Gasteiger partial charge in [0, 0.05) is 25.2 Å². The van der Waals surface area contributed by atoms with Crippen molar-refractivity contribution in [2.45, 2.75) is 25.9 Å². The van der Waals surface area contributed by atoms with E-state index in [0.717, 1.165) is 18.3 Å². The van der Waals surface area contributed by atoms with Crippen molar-refractivity contribution >= 4 is 16.9 Å². The molecule has 0 amide bonds. The zero-order chi connectivity index (χ0) is 11.4. The van der Waals surface area contributed by atoms with Gasteiger partial charge in [0.05, 0.1) is 0 Å². The molecule has 1 fully saturated rings. The summed E-state index contributed by atoms with van der Waals surface area (Å²) in [7, 11) is 2.15. The molecule has 0 aromatic carbocycles. The fourth-order valence-corrected chi connectivity index (χ4v) is 2.39. The predicted molar refractivity (Wildman–Crippen MR) is 64.8 cm³/mol. The molecule has 0 aliphatic carbocycles. The van der Waals surface area contributed by atoms with Gasteiger partial charge < -0.3 is 4.90 Å². The molecule has 0 aromatic rings. The maximum absolute atomic E-state index is 8.59. The highest BCUT2D eigenvalue weighted by Crippen LogP contribution is 2.16. The van der Waals surface area contributed by atoms with Gasteiger partial charge >= 0.3 is 0 Å². The van der Waals surface area contributed by atoms with E-state index in [2.05, 4.69) is 35.7 Å². The molecule has 5 heteroatoms. The van der Waals surface area contributed by atoms with E-state index in [0.29, 0.717) is 12.1 Å². The molecule has 0 bridgehead atoms. The molecule has 2 atom stereocenters. The van der Waals surface area contributed by atoms with E-state index in [1.54, 1.807) is 11.8 Å². The fraction of sp³-hybridized carbons (Fsp3) is 0.800. The highest BCUT2D eigenvalue weighted by Gasteiger charge is 2.27. The highest BCUT2D eigenvalue weighted by molar-refractivity contribution is 8.13. The van der Waals surface area contributed by atoms with Crippen molar-refractivity contribution in [1.29, 1.82) is 5.26 Å². The number of amidine groups is 1. The lowest BCUT2D eigenvalue weighted by molar-refractivity contribution is 0.101. The van der Waals surface area contributed by atoms with Crippen LogP contribution in [0.15, 0.2) is 4.99 Å². The first-order chi connectivity index (χ1) is 7.10. The van der Waals surface area contributed by atoms with Crippen LogP contribution in [0.4, 0.5) is 0 Å². The number of piperazine rings is 1. The summed E-state index contributed by atoms with van der Waals surface area (Å²) in [5.74, 6) is 0. The SMILES string of the molecule is CSC(=NC#N)N1CC(C)N(C)C(C)C1. The molecule has 0 N–H and O–H groups in total. The van der Waals surface area contributed by atoms with Gasteiger partial charge in [-0.1, -0.05) is 11.8 Å². The number of likely N-dealkylation sites (N-methyl/N-ethyl adjacent to an activating group) is 1. The molecule has 0 radical (unpaired) electrons. The molecular weight excluding hydrogens is 208 g/mol. The highest BCUT2D eigenvalue weighted by atomic mass is 32.2. The van der Waals surface area contributed by atoms with Crippen molar-refractivity contribution in [3.8, 4) is 6.19 Å². The second-order valence-electron chi connectivity index (χ2n) is 3.97. The van der Waals surface area contributed by atoms with Gasteiger partial charge in [-0.25, -0.2) is 0 Å². The van der Waals surface area contributed by atoms with Crippen LogP contribution in [0.1, 0.15) is 13.8 Å². The van der Waals surface area contributed by atoms with Gasteiger partial charge in [-0.2, -0.15) is 5.26 Å². The average molecular weight is 226 g/mol. The van der Waals surface area contributed by atoms with E-state index in [1.807, 2.05) is 12.4 Å². The van der Waals surface area contributed by atoms with E-state index in [9.17, 15) is 0 Å². The molecule has 0 spiro atoms. The molecule has 1 saturated heterocycles. The lowest BCUT2D eigenvalue weighted by Crippen LogP contribution is -2.55. The summed E-state index contributed by atoms with van der Waals surface area (Å²) in [6, 6.07) is 1.01. The maximum atomic E-state index is 8.59. The van der Waals surface area contributed by atoms with E-state index in [-0.39, 0.29) is 0 Å². The van der Waals surface area contributed by atoms with Gasteiger partial charge in [0.15, 0.2) is 5.17 Å². The largest absolute Gasteiger partial charge is 0.347 e. The number of nitrogens with zero attached hydrogens (tertiary/aromatic N) is 4. The minimum absolute atomic E-state index is 0.504. The fourth-order valence-electron chi connectivity index (χ4n) is 1.85. The number of rotatable bonds is 0. The van der Waals surface area contributed by atoms with Gasteiger partial charge in [-0.15, -0.1) is 4.99 Å². The minimum atomic E-state index is 0.504. The molecule has 0 saturated carbocycles. The third-order valence-electron chi connectivity index (χ3n) is 2.96. The minimum Gasteiger partial charge on any atom is -0.347 e. The predicted octanol–water partition coefficient (Wildman–Crippen LogP) is 1.21. The second kappa shape index (κ2) is 5.38. The Morgan fingerprint density at radius 1 is 1.40 bits per heavy atom. The topological polar surface area (TPSA) is 42.6 Å². The molecule has 15 heavy (non-hydrogen) atoms. The summed E-state index contributed by atoms with van der Waals surface area (Å²) in [6.45, 7) is 6.30. The normalized spacial score (nSPS) is 29.0. The van der Waals surface area contributed by atoms with Crippen molar-refractivity contribution < 1.29 is 0 Å². The van der Waals surface area contributed by atoms with E-state index in [4.69, 9.17) is 5.26 Å². The number of hydrogen-bond acceptors (Lipinski definition) is 4. The van der Waals surface area contributed by atoms with Crippen LogP contribution >= 0.6 is 11.8 Å². The van der Waals surface area contributed by atoms with Crippen molar-refractivity contribution in [3.05, 3.63) is 0 Å². The first-order valence-corrected chi connectivity index (χ1v) is 6.30. The van der Waals surface area contributed by atoms with E-state index < -0.39 is 0 Å². The van der Waals surface area contributed by atoms with Gasteiger partial charge in [-0.3, -0.25) is 4.90 Å². The quantitative estimate of drug-likeness (QED) is 0.354. The van der Waals surface area contributed by atoms with Crippen molar-refractivity contribution in [2.24, 2.45) is 4.99 Å². The van der Waals surface area contributed by atoms with Crippen LogP contribution in [0.2, 0.25) is 0 Å². The Balaban J connectivity index is 2.73. The van der Waals surface area contributed by atoms with Gasteiger partial charge in [-0.05, 0) is 27.2 Å². The number of thioether (sulfide) groups is 1. The number of aliphatic imine (C=N–C) groups is 1. The zero-order valence-electron chi connectivity index (χ0n) is 9.77. The van der Waals surface area contributed by atoms with Gasteiger partial charge in [0.25, 0.3) is 0 Å². The molecule has 1 aliphatic rings.